The molecule has 0 aromatic carbocycles. The first-order chi connectivity index (χ1) is 37.0. The van der Waals surface area contributed by atoms with Gasteiger partial charge in [0.25, 0.3) is 0 Å². The maximum Gasteiger partial charge on any atom is 0.306 e. The summed E-state index contributed by atoms with van der Waals surface area (Å²) < 4.78 is 16.8. The van der Waals surface area contributed by atoms with Crippen LogP contribution in [0.4, 0.5) is 0 Å². The molecule has 0 aliphatic carbocycles. The molecule has 0 saturated heterocycles. The molecular formula is C69H122O6. The molecule has 6 heteroatoms. The summed E-state index contributed by atoms with van der Waals surface area (Å²) in [5.41, 5.74) is 0. The van der Waals surface area contributed by atoms with Gasteiger partial charge in [0, 0.05) is 19.3 Å². The molecule has 1 unspecified atom stereocenters. The monoisotopic (exact) mass is 1050 g/mol. The van der Waals surface area contributed by atoms with Crippen molar-refractivity contribution in [3.63, 3.8) is 0 Å². The summed E-state index contributed by atoms with van der Waals surface area (Å²) in [6, 6.07) is 0. The number of carbonyl (C=O) groups excluding carboxylic acids is 3. The van der Waals surface area contributed by atoms with Crippen LogP contribution >= 0.6 is 0 Å². The van der Waals surface area contributed by atoms with Crippen molar-refractivity contribution in [2.45, 2.75) is 335 Å². The van der Waals surface area contributed by atoms with Gasteiger partial charge in [-0.3, -0.25) is 14.4 Å². The lowest BCUT2D eigenvalue weighted by Crippen LogP contribution is -2.30. The molecule has 434 valence electrons. The lowest BCUT2D eigenvalue weighted by molar-refractivity contribution is -0.167. The van der Waals surface area contributed by atoms with Crippen molar-refractivity contribution < 1.29 is 28.6 Å². The average molecular weight is 1050 g/mol. The minimum absolute atomic E-state index is 0.0754. The predicted molar refractivity (Wildman–Crippen MR) is 325 cm³/mol. The molecule has 0 aliphatic heterocycles. The Kier molecular flexibility index (Phi) is 60.7. The van der Waals surface area contributed by atoms with E-state index in [0.29, 0.717) is 19.3 Å². The van der Waals surface area contributed by atoms with Gasteiger partial charge in [0.1, 0.15) is 13.2 Å². The van der Waals surface area contributed by atoms with Gasteiger partial charge in [-0.25, -0.2) is 0 Å². The first-order valence-corrected chi connectivity index (χ1v) is 32.4. The molecule has 0 heterocycles. The van der Waals surface area contributed by atoms with Gasteiger partial charge >= 0.3 is 17.9 Å². The predicted octanol–water partition coefficient (Wildman–Crippen LogP) is 22.1. The molecule has 0 amide bonds. The quantitative estimate of drug-likeness (QED) is 0.0261. The van der Waals surface area contributed by atoms with Crippen LogP contribution in [0.15, 0.2) is 72.9 Å². The van der Waals surface area contributed by atoms with E-state index in [1.807, 2.05) is 0 Å². The summed E-state index contributed by atoms with van der Waals surface area (Å²) in [5, 5.41) is 0. The van der Waals surface area contributed by atoms with Gasteiger partial charge in [0.05, 0.1) is 0 Å². The van der Waals surface area contributed by atoms with Crippen molar-refractivity contribution >= 4 is 17.9 Å². The van der Waals surface area contributed by atoms with Gasteiger partial charge < -0.3 is 14.2 Å². The number of unbranched alkanes of at least 4 members (excludes halogenated alkanes) is 36. The van der Waals surface area contributed by atoms with Gasteiger partial charge in [-0.05, 0) is 89.9 Å². The highest BCUT2D eigenvalue weighted by molar-refractivity contribution is 5.71. The van der Waals surface area contributed by atoms with Crippen LogP contribution in [0.25, 0.3) is 0 Å². The van der Waals surface area contributed by atoms with Crippen LogP contribution in [-0.2, 0) is 28.6 Å². The lowest BCUT2D eigenvalue weighted by Gasteiger charge is -2.18. The summed E-state index contributed by atoms with van der Waals surface area (Å²) >= 11 is 0. The molecule has 0 fully saturated rings. The van der Waals surface area contributed by atoms with Crippen molar-refractivity contribution in [3.05, 3.63) is 72.9 Å². The third kappa shape index (κ3) is 61.6. The zero-order valence-corrected chi connectivity index (χ0v) is 49.8. The first kappa shape index (κ1) is 71.8. The van der Waals surface area contributed by atoms with E-state index in [1.165, 1.54) is 186 Å². The van der Waals surface area contributed by atoms with Crippen molar-refractivity contribution in [2.24, 2.45) is 0 Å². The van der Waals surface area contributed by atoms with Crippen LogP contribution in [0.5, 0.6) is 0 Å². The Morgan fingerprint density at radius 3 is 0.827 bits per heavy atom. The number of carbonyl (C=O) groups is 3. The minimum atomic E-state index is -0.775. The van der Waals surface area contributed by atoms with Crippen LogP contribution in [0, 0.1) is 0 Å². The summed E-state index contributed by atoms with van der Waals surface area (Å²) in [5.74, 6) is -0.883. The second-order valence-electron chi connectivity index (χ2n) is 21.6. The molecule has 0 aromatic rings. The Hall–Kier alpha value is -3.15. The fourth-order valence-corrected chi connectivity index (χ4v) is 9.35. The zero-order valence-electron chi connectivity index (χ0n) is 49.8. The van der Waals surface area contributed by atoms with Crippen molar-refractivity contribution in [1.29, 1.82) is 0 Å². The van der Waals surface area contributed by atoms with E-state index in [2.05, 4.69) is 93.7 Å². The van der Waals surface area contributed by atoms with Gasteiger partial charge in [-0.15, -0.1) is 0 Å². The van der Waals surface area contributed by atoms with Crippen LogP contribution in [0.1, 0.15) is 329 Å². The van der Waals surface area contributed by atoms with Gasteiger partial charge in [-0.1, -0.05) is 293 Å². The molecule has 0 bridgehead atoms. The molecule has 0 saturated carbocycles. The minimum Gasteiger partial charge on any atom is -0.462 e. The largest absolute Gasteiger partial charge is 0.462 e. The van der Waals surface area contributed by atoms with Crippen molar-refractivity contribution in [2.75, 3.05) is 13.2 Å². The van der Waals surface area contributed by atoms with E-state index in [1.54, 1.807) is 0 Å². The summed E-state index contributed by atoms with van der Waals surface area (Å²) in [7, 11) is 0. The molecule has 0 spiro atoms. The van der Waals surface area contributed by atoms with E-state index >= 15 is 0 Å². The molecule has 0 aliphatic rings. The molecule has 0 rings (SSSR count). The fourth-order valence-electron chi connectivity index (χ4n) is 9.35. The van der Waals surface area contributed by atoms with Crippen LogP contribution in [0.3, 0.4) is 0 Å². The van der Waals surface area contributed by atoms with Crippen LogP contribution in [0.2, 0.25) is 0 Å². The van der Waals surface area contributed by atoms with Gasteiger partial charge in [-0.2, -0.15) is 0 Å². The van der Waals surface area contributed by atoms with Crippen LogP contribution in [-0.4, -0.2) is 37.2 Å². The van der Waals surface area contributed by atoms with E-state index in [9.17, 15) is 14.4 Å². The van der Waals surface area contributed by atoms with Crippen molar-refractivity contribution in [3.8, 4) is 0 Å². The molecule has 0 N–H and O–H groups in total. The van der Waals surface area contributed by atoms with Crippen LogP contribution < -0.4 is 0 Å². The topological polar surface area (TPSA) is 78.9 Å². The van der Waals surface area contributed by atoms with E-state index in [-0.39, 0.29) is 31.1 Å². The molecule has 6 nitrogen and oxygen atoms in total. The zero-order chi connectivity index (χ0) is 54.3. The Morgan fingerprint density at radius 1 is 0.280 bits per heavy atom. The first-order valence-electron chi connectivity index (χ1n) is 32.4. The Labute approximate surface area is 465 Å². The highest BCUT2D eigenvalue weighted by Crippen LogP contribution is 2.17. The number of hydrogen-bond acceptors (Lipinski definition) is 6. The Morgan fingerprint density at radius 2 is 0.520 bits per heavy atom. The highest BCUT2D eigenvalue weighted by atomic mass is 16.6. The van der Waals surface area contributed by atoms with Gasteiger partial charge in [0.2, 0.25) is 0 Å². The fraction of sp³-hybridized carbons (Fsp3) is 0.783. The number of ether oxygens (including phenoxy) is 3. The Balaban J connectivity index is 4.02. The van der Waals surface area contributed by atoms with Gasteiger partial charge in [0.15, 0.2) is 6.10 Å². The number of allylic oxidation sites excluding steroid dienone is 12. The number of hydrogen-bond donors (Lipinski definition) is 0. The average Bonchev–Trinajstić information content (AvgIpc) is 3.41. The number of rotatable bonds is 59. The second kappa shape index (κ2) is 63.4. The molecule has 0 radical (unpaired) electrons. The summed E-state index contributed by atoms with van der Waals surface area (Å²) in [6.45, 7) is 6.47. The van der Waals surface area contributed by atoms with E-state index < -0.39 is 6.10 Å². The van der Waals surface area contributed by atoms with Crippen molar-refractivity contribution in [1.82, 2.24) is 0 Å². The standard InChI is InChI=1S/C69H122O6/c1-4-7-10-13-15-17-19-21-23-25-27-29-31-33-34-36-37-39-41-43-45-47-49-51-53-56-59-62-68(71)74-65-66(64-73-67(70)61-58-55-12-9-6-3)75-69(72)63-60-57-54-52-50-48-46-44-42-40-38-35-32-30-28-26-24-22-20-18-16-14-11-8-5-2/h8,11,16,18,22,24-25,27-28,30,35,38,66H,4-7,9-10,12-15,17,19-21,23,26,29,31-34,36-37,39-65H2,1-3H3/b11-8-,18-16-,24-22-,27-25-,30-28-,38-35-. The summed E-state index contributed by atoms with van der Waals surface area (Å²) in [6.07, 6.45) is 82.5. The smallest absolute Gasteiger partial charge is 0.306 e. The third-order valence-corrected chi connectivity index (χ3v) is 14.2. The maximum absolute atomic E-state index is 12.8. The second-order valence-corrected chi connectivity index (χ2v) is 21.6. The summed E-state index contributed by atoms with van der Waals surface area (Å²) in [4.78, 5) is 37.9. The normalized spacial score (nSPS) is 12.5. The third-order valence-electron chi connectivity index (χ3n) is 14.2. The molecular weight excluding hydrogens is 925 g/mol. The lowest BCUT2D eigenvalue weighted by atomic mass is 10.0. The molecule has 0 aromatic heterocycles. The Bertz CT molecular complexity index is 1390. The van der Waals surface area contributed by atoms with E-state index in [0.717, 1.165) is 103 Å². The molecule has 75 heavy (non-hydrogen) atoms. The SMILES string of the molecule is CC/C=C\C/C=C\C/C=C\C/C=C\C/C=C\CCCCCCCCCCCC(=O)OC(COC(=O)CCCCCCC)COC(=O)CCCCCCCCCCCCCCCCC/C=C\CCCCCCCCCC. The van der Waals surface area contributed by atoms with E-state index in [4.69, 9.17) is 14.2 Å². The number of esters is 3. The highest BCUT2D eigenvalue weighted by Gasteiger charge is 2.19. The maximum atomic E-state index is 12.8. The molecule has 1 atom stereocenters.